The maximum atomic E-state index is 12.9. The van der Waals surface area contributed by atoms with E-state index in [1.165, 1.54) is 18.2 Å². The number of hydrogen-bond acceptors (Lipinski definition) is 3. The molecule has 0 saturated heterocycles. The van der Waals surface area contributed by atoms with Crippen molar-refractivity contribution in [2.45, 2.75) is 19.9 Å². The van der Waals surface area contributed by atoms with E-state index in [-0.39, 0.29) is 17.5 Å². The lowest BCUT2D eigenvalue weighted by molar-refractivity contribution is -0.385. The van der Waals surface area contributed by atoms with Crippen LogP contribution >= 0.6 is 0 Å². The van der Waals surface area contributed by atoms with Crippen LogP contribution < -0.4 is 5.32 Å². The Morgan fingerprint density at radius 2 is 1.85 bits per heavy atom. The van der Waals surface area contributed by atoms with E-state index in [2.05, 4.69) is 5.32 Å². The fourth-order valence-corrected chi connectivity index (χ4v) is 2.03. The summed E-state index contributed by atoms with van der Waals surface area (Å²) in [5.74, 6) is -0.271. The van der Waals surface area contributed by atoms with Crippen molar-refractivity contribution in [2.24, 2.45) is 0 Å². The summed E-state index contributed by atoms with van der Waals surface area (Å²) in [4.78, 5) is 10.4. The molecule has 104 valence electrons. The van der Waals surface area contributed by atoms with Crippen LogP contribution in [0, 0.1) is 22.9 Å². The maximum absolute atomic E-state index is 12.9. The number of nitro benzene ring substituents is 1. The highest BCUT2D eigenvalue weighted by molar-refractivity contribution is 5.54. The van der Waals surface area contributed by atoms with Gasteiger partial charge in [0.05, 0.1) is 4.92 Å². The minimum Gasteiger partial charge on any atom is -0.379 e. The molecule has 5 heteroatoms. The van der Waals surface area contributed by atoms with Crippen LogP contribution in [0.3, 0.4) is 0 Å². The van der Waals surface area contributed by atoms with Gasteiger partial charge in [0, 0.05) is 23.4 Å². The fourth-order valence-electron chi connectivity index (χ4n) is 2.03. The Bertz CT molecular complexity index is 626. The lowest BCUT2D eigenvalue weighted by atomic mass is 10.1. The third kappa shape index (κ3) is 3.12. The van der Waals surface area contributed by atoms with Crippen LogP contribution in [0.15, 0.2) is 42.5 Å². The Hall–Kier alpha value is -2.43. The van der Waals surface area contributed by atoms with Gasteiger partial charge in [-0.15, -0.1) is 0 Å². The lowest BCUT2D eigenvalue weighted by Gasteiger charge is -2.16. The van der Waals surface area contributed by atoms with Crippen LogP contribution in [0.5, 0.6) is 0 Å². The molecule has 0 saturated carbocycles. The fraction of sp³-hybridized carbons (Fsp3) is 0.200. The predicted molar refractivity (Wildman–Crippen MR) is 76.3 cm³/mol. The number of aryl methyl sites for hydroxylation is 1. The molecule has 0 aromatic heterocycles. The molecule has 2 rings (SSSR count). The number of hydrogen-bond donors (Lipinski definition) is 1. The standard InChI is InChI=1S/C15H15FN2O2/c1-10-9-14(7-8-15(10)18(19)20)17-11(2)12-3-5-13(16)6-4-12/h3-9,11,17H,1-2H3. The summed E-state index contributed by atoms with van der Waals surface area (Å²) in [6.07, 6.45) is 0. The molecule has 0 fully saturated rings. The second-order valence-corrected chi connectivity index (χ2v) is 4.68. The molecular weight excluding hydrogens is 259 g/mol. The Kier molecular flexibility index (Phi) is 3.98. The van der Waals surface area contributed by atoms with Crippen molar-refractivity contribution in [1.82, 2.24) is 0 Å². The highest BCUT2D eigenvalue weighted by Gasteiger charge is 2.11. The minimum absolute atomic E-state index is 0.0172. The van der Waals surface area contributed by atoms with Crippen molar-refractivity contribution in [3.63, 3.8) is 0 Å². The van der Waals surface area contributed by atoms with E-state index in [4.69, 9.17) is 0 Å². The second-order valence-electron chi connectivity index (χ2n) is 4.68. The molecular formula is C15H15FN2O2. The largest absolute Gasteiger partial charge is 0.379 e. The van der Waals surface area contributed by atoms with E-state index in [0.29, 0.717) is 5.56 Å². The van der Waals surface area contributed by atoms with Gasteiger partial charge < -0.3 is 5.32 Å². The third-order valence-electron chi connectivity index (χ3n) is 3.15. The minimum atomic E-state index is -0.400. The van der Waals surface area contributed by atoms with Gasteiger partial charge in [-0.3, -0.25) is 10.1 Å². The van der Waals surface area contributed by atoms with Crippen LogP contribution in [-0.2, 0) is 0 Å². The number of anilines is 1. The molecule has 0 amide bonds. The van der Waals surface area contributed by atoms with Crippen LogP contribution in [-0.4, -0.2) is 4.92 Å². The van der Waals surface area contributed by atoms with Gasteiger partial charge in [0.1, 0.15) is 5.82 Å². The number of nitrogens with zero attached hydrogens (tertiary/aromatic N) is 1. The van der Waals surface area contributed by atoms with Gasteiger partial charge in [-0.25, -0.2) is 4.39 Å². The van der Waals surface area contributed by atoms with Gasteiger partial charge in [0.15, 0.2) is 0 Å². The molecule has 0 radical (unpaired) electrons. The Morgan fingerprint density at radius 3 is 2.40 bits per heavy atom. The lowest BCUT2D eigenvalue weighted by Crippen LogP contribution is -2.07. The summed E-state index contributed by atoms with van der Waals surface area (Å²) >= 11 is 0. The highest BCUT2D eigenvalue weighted by Crippen LogP contribution is 2.25. The van der Waals surface area contributed by atoms with Gasteiger partial charge in [0.25, 0.3) is 5.69 Å². The SMILES string of the molecule is Cc1cc(NC(C)c2ccc(F)cc2)ccc1[N+](=O)[O-]. The molecule has 2 aromatic rings. The van der Waals surface area contributed by atoms with Crippen LogP contribution in [0.4, 0.5) is 15.8 Å². The molecule has 1 atom stereocenters. The van der Waals surface area contributed by atoms with Crippen molar-refractivity contribution in [3.05, 3.63) is 69.5 Å². The first kappa shape index (κ1) is 14.0. The summed E-state index contributed by atoms with van der Waals surface area (Å²) in [5.41, 5.74) is 2.45. The monoisotopic (exact) mass is 274 g/mol. The summed E-state index contributed by atoms with van der Waals surface area (Å²) in [6.45, 7) is 3.65. The number of benzene rings is 2. The van der Waals surface area contributed by atoms with Gasteiger partial charge in [0.2, 0.25) is 0 Å². The molecule has 20 heavy (non-hydrogen) atoms. The molecule has 1 unspecified atom stereocenters. The zero-order valence-corrected chi connectivity index (χ0v) is 11.3. The van der Waals surface area contributed by atoms with Gasteiger partial charge in [-0.1, -0.05) is 12.1 Å². The number of nitro groups is 1. The summed E-state index contributed by atoms with van der Waals surface area (Å²) < 4.78 is 12.9. The highest BCUT2D eigenvalue weighted by atomic mass is 19.1. The van der Waals surface area contributed by atoms with E-state index >= 15 is 0 Å². The average Bonchev–Trinajstić information content (AvgIpc) is 2.39. The van der Waals surface area contributed by atoms with E-state index in [1.807, 2.05) is 6.92 Å². The molecule has 1 N–H and O–H groups in total. The van der Waals surface area contributed by atoms with Gasteiger partial charge in [-0.2, -0.15) is 0 Å². The first-order valence-corrected chi connectivity index (χ1v) is 6.24. The average molecular weight is 274 g/mol. The number of halogens is 1. The summed E-state index contributed by atoms with van der Waals surface area (Å²) in [7, 11) is 0. The molecule has 0 bridgehead atoms. The summed E-state index contributed by atoms with van der Waals surface area (Å²) in [5, 5.41) is 14.0. The molecule has 0 spiro atoms. The van der Waals surface area contributed by atoms with Crippen molar-refractivity contribution in [1.29, 1.82) is 0 Å². The molecule has 0 aliphatic heterocycles. The van der Waals surface area contributed by atoms with Crippen molar-refractivity contribution >= 4 is 11.4 Å². The molecule has 4 nitrogen and oxygen atoms in total. The quantitative estimate of drug-likeness (QED) is 0.671. The van der Waals surface area contributed by atoms with E-state index in [9.17, 15) is 14.5 Å². The third-order valence-corrected chi connectivity index (χ3v) is 3.15. The second kappa shape index (κ2) is 5.69. The van der Waals surface area contributed by atoms with Crippen molar-refractivity contribution in [2.75, 3.05) is 5.32 Å². The Morgan fingerprint density at radius 1 is 1.20 bits per heavy atom. The van der Waals surface area contributed by atoms with Crippen LogP contribution in [0.2, 0.25) is 0 Å². The first-order chi connectivity index (χ1) is 9.47. The number of nitrogens with one attached hydrogen (secondary N) is 1. The first-order valence-electron chi connectivity index (χ1n) is 6.24. The predicted octanol–water partition coefficient (Wildman–Crippen LogP) is 4.22. The number of rotatable bonds is 4. The van der Waals surface area contributed by atoms with Crippen LogP contribution in [0.25, 0.3) is 0 Å². The van der Waals surface area contributed by atoms with Crippen LogP contribution in [0.1, 0.15) is 24.1 Å². The summed E-state index contributed by atoms with van der Waals surface area (Å²) in [6, 6.07) is 11.1. The molecule has 2 aromatic carbocycles. The maximum Gasteiger partial charge on any atom is 0.272 e. The normalized spacial score (nSPS) is 11.9. The van der Waals surface area contributed by atoms with E-state index in [0.717, 1.165) is 11.3 Å². The van der Waals surface area contributed by atoms with Gasteiger partial charge >= 0.3 is 0 Å². The zero-order valence-electron chi connectivity index (χ0n) is 11.3. The van der Waals surface area contributed by atoms with E-state index < -0.39 is 4.92 Å². The molecule has 0 aliphatic carbocycles. The van der Waals surface area contributed by atoms with Gasteiger partial charge in [-0.05, 0) is 43.7 Å². The smallest absolute Gasteiger partial charge is 0.272 e. The van der Waals surface area contributed by atoms with E-state index in [1.54, 1.807) is 31.2 Å². The molecule has 0 aliphatic rings. The topological polar surface area (TPSA) is 55.2 Å². The Labute approximate surface area is 116 Å². The zero-order chi connectivity index (χ0) is 14.7. The van der Waals surface area contributed by atoms with Crippen molar-refractivity contribution in [3.8, 4) is 0 Å². The van der Waals surface area contributed by atoms with Crippen molar-refractivity contribution < 1.29 is 9.31 Å². The molecule has 0 heterocycles. The Balaban J connectivity index is 2.15.